The SMILES string of the molecule is O=S(=O)(CCC1CCCO1)NCc1cn2cc(Cl)ccc2n1. The Hall–Kier alpha value is -1.15. The highest BCUT2D eigenvalue weighted by atomic mass is 35.5. The molecule has 0 aromatic carbocycles. The van der Waals surface area contributed by atoms with Crippen LogP contribution in [0.5, 0.6) is 0 Å². The number of imidazole rings is 1. The zero-order valence-electron chi connectivity index (χ0n) is 12.0. The normalized spacial score (nSPS) is 19.0. The fraction of sp³-hybridized carbons (Fsp3) is 0.500. The van der Waals surface area contributed by atoms with Gasteiger partial charge in [-0.1, -0.05) is 11.6 Å². The van der Waals surface area contributed by atoms with E-state index in [-0.39, 0.29) is 18.4 Å². The number of ether oxygens (including phenoxy) is 1. The van der Waals surface area contributed by atoms with E-state index >= 15 is 0 Å². The molecule has 0 spiro atoms. The van der Waals surface area contributed by atoms with Crippen molar-refractivity contribution in [3.05, 3.63) is 35.2 Å². The van der Waals surface area contributed by atoms with Crippen LogP contribution in [0.15, 0.2) is 24.5 Å². The Morgan fingerprint density at radius 3 is 3.05 bits per heavy atom. The Bertz CT molecular complexity index is 754. The van der Waals surface area contributed by atoms with E-state index in [1.165, 1.54) is 0 Å². The number of hydrogen-bond donors (Lipinski definition) is 1. The van der Waals surface area contributed by atoms with Gasteiger partial charge in [0, 0.05) is 19.0 Å². The molecule has 0 radical (unpaired) electrons. The van der Waals surface area contributed by atoms with Crippen molar-refractivity contribution in [3.63, 3.8) is 0 Å². The number of halogens is 1. The molecular formula is C14H18ClN3O3S. The van der Waals surface area contributed by atoms with Crippen molar-refractivity contribution < 1.29 is 13.2 Å². The fourth-order valence-corrected chi connectivity index (χ4v) is 3.77. The third kappa shape index (κ3) is 3.98. The summed E-state index contributed by atoms with van der Waals surface area (Å²) in [4.78, 5) is 4.35. The first-order chi connectivity index (χ1) is 10.5. The van der Waals surface area contributed by atoms with Crippen molar-refractivity contribution in [2.75, 3.05) is 12.4 Å². The molecule has 2 aromatic heterocycles. The van der Waals surface area contributed by atoms with Crippen LogP contribution in [0.2, 0.25) is 5.02 Å². The summed E-state index contributed by atoms with van der Waals surface area (Å²) in [6.07, 6.45) is 6.08. The summed E-state index contributed by atoms with van der Waals surface area (Å²) in [5, 5.41) is 0.605. The first-order valence-corrected chi connectivity index (χ1v) is 9.27. The molecular weight excluding hydrogens is 326 g/mol. The molecule has 1 saturated heterocycles. The third-order valence-electron chi connectivity index (χ3n) is 3.67. The Morgan fingerprint density at radius 2 is 2.27 bits per heavy atom. The minimum absolute atomic E-state index is 0.0777. The van der Waals surface area contributed by atoms with Crippen LogP contribution in [0.3, 0.4) is 0 Å². The lowest BCUT2D eigenvalue weighted by Gasteiger charge is -2.09. The molecule has 1 aliphatic rings. The summed E-state index contributed by atoms with van der Waals surface area (Å²) in [5.74, 6) is 0.0802. The van der Waals surface area contributed by atoms with Crippen LogP contribution < -0.4 is 4.72 Å². The van der Waals surface area contributed by atoms with Gasteiger partial charge in [0.1, 0.15) is 5.65 Å². The molecule has 120 valence electrons. The smallest absolute Gasteiger partial charge is 0.212 e. The Kier molecular flexibility index (Phi) is 4.67. The number of rotatable bonds is 6. The lowest BCUT2D eigenvalue weighted by Crippen LogP contribution is -2.28. The number of fused-ring (bicyclic) bond motifs is 1. The van der Waals surface area contributed by atoms with Crippen LogP contribution in [0.4, 0.5) is 0 Å². The summed E-state index contributed by atoms with van der Waals surface area (Å²) in [6, 6.07) is 3.54. The molecule has 6 nitrogen and oxygen atoms in total. The Balaban J connectivity index is 1.57. The Labute approximate surface area is 134 Å². The van der Waals surface area contributed by atoms with E-state index in [1.807, 2.05) is 0 Å². The maximum absolute atomic E-state index is 12.0. The van der Waals surface area contributed by atoms with Gasteiger partial charge in [-0.2, -0.15) is 0 Å². The maximum atomic E-state index is 12.0. The second-order valence-electron chi connectivity index (χ2n) is 5.41. The largest absolute Gasteiger partial charge is 0.378 e. The first kappa shape index (κ1) is 15.7. The molecule has 1 unspecified atom stereocenters. The number of aromatic nitrogens is 2. The standard InChI is InChI=1S/C14H18ClN3O3S/c15-11-3-4-14-17-12(10-18(14)9-11)8-16-22(19,20)7-5-13-2-1-6-21-13/h3-4,9-10,13,16H,1-2,5-8H2. The van der Waals surface area contributed by atoms with Crippen molar-refractivity contribution in [2.45, 2.75) is 31.9 Å². The molecule has 3 rings (SSSR count). The molecule has 2 aromatic rings. The predicted molar refractivity (Wildman–Crippen MR) is 84.4 cm³/mol. The lowest BCUT2D eigenvalue weighted by molar-refractivity contribution is 0.109. The first-order valence-electron chi connectivity index (χ1n) is 7.24. The van der Waals surface area contributed by atoms with Crippen molar-refractivity contribution in [1.29, 1.82) is 0 Å². The quantitative estimate of drug-likeness (QED) is 0.870. The molecule has 1 aliphatic heterocycles. The zero-order valence-corrected chi connectivity index (χ0v) is 13.6. The molecule has 22 heavy (non-hydrogen) atoms. The van der Waals surface area contributed by atoms with Gasteiger partial charge in [-0.3, -0.25) is 0 Å². The predicted octanol–water partition coefficient (Wildman–Crippen LogP) is 1.98. The molecule has 0 amide bonds. The van der Waals surface area contributed by atoms with Gasteiger partial charge >= 0.3 is 0 Å². The van der Waals surface area contributed by atoms with Gasteiger partial charge in [0.2, 0.25) is 10.0 Å². The lowest BCUT2D eigenvalue weighted by atomic mass is 10.2. The van der Waals surface area contributed by atoms with Crippen molar-refractivity contribution >= 4 is 27.3 Å². The number of hydrogen-bond acceptors (Lipinski definition) is 4. The minimum atomic E-state index is -3.32. The second kappa shape index (κ2) is 6.54. The van der Waals surface area contributed by atoms with Crippen molar-refractivity contribution in [2.24, 2.45) is 0 Å². The summed E-state index contributed by atoms with van der Waals surface area (Å²) >= 11 is 5.91. The van der Waals surface area contributed by atoms with E-state index in [4.69, 9.17) is 16.3 Å². The number of pyridine rings is 1. The number of nitrogens with zero attached hydrogens (tertiary/aromatic N) is 2. The monoisotopic (exact) mass is 343 g/mol. The van der Waals surface area contributed by atoms with Crippen LogP contribution in [0.1, 0.15) is 25.0 Å². The van der Waals surface area contributed by atoms with E-state index in [0.29, 0.717) is 17.1 Å². The minimum Gasteiger partial charge on any atom is -0.378 e. The molecule has 0 saturated carbocycles. The maximum Gasteiger partial charge on any atom is 0.212 e. The average Bonchev–Trinajstić information content (AvgIpc) is 3.12. The van der Waals surface area contributed by atoms with E-state index in [1.54, 1.807) is 28.9 Å². The van der Waals surface area contributed by atoms with Crippen LogP contribution in [0, 0.1) is 0 Å². The van der Waals surface area contributed by atoms with Gasteiger partial charge in [-0.25, -0.2) is 18.1 Å². The third-order valence-corrected chi connectivity index (χ3v) is 5.25. The average molecular weight is 344 g/mol. The highest BCUT2D eigenvalue weighted by molar-refractivity contribution is 7.89. The van der Waals surface area contributed by atoms with E-state index in [9.17, 15) is 8.42 Å². The molecule has 1 fully saturated rings. The number of nitrogens with one attached hydrogen (secondary N) is 1. The van der Waals surface area contributed by atoms with Crippen LogP contribution in [0.25, 0.3) is 5.65 Å². The molecule has 1 atom stereocenters. The molecule has 3 heterocycles. The highest BCUT2D eigenvalue weighted by Crippen LogP contribution is 2.16. The fourth-order valence-electron chi connectivity index (χ4n) is 2.52. The van der Waals surface area contributed by atoms with Crippen LogP contribution >= 0.6 is 11.6 Å². The summed E-state index contributed by atoms with van der Waals surface area (Å²) in [5.41, 5.74) is 1.39. The van der Waals surface area contributed by atoms with Gasteiger partial charge in [0.05, 0.1) is 29.1 Å². The van der Waals surface area contributed by atoms with E-state index < -0.39 is 10.0 Å². The summed E-state index contributed by atoms with van der Waals surface area (Å²) in [7, 11) is -3.32. The van der Waals surface area contributed by atoms with Gasteiger partial charge < -0.3 is 9.14 Å². The summed E-state index contributed by atoms with van der Waals surface area (Å²) < 4.78 is 33.8. The van der Waals surface area contributed by atoms with Gasteiger partial charge in [0.15, 0.2) is 0 Å². The van der Waals surface area contributed by atoms with Gasteiger partial charge in [-0.05, 0) is 31.4 Å². The highest BCUT2D eigenvalue weighted by Gasteiger charge is 2.19. The Morgan fingerprint density at radius 1 is 1.41 bits per heavy atom. The van der Waals surface area contributed by atoms with Crippen LogP contribution in [-0.2, 0) is 21.3 Å². The summed E-state index contributed by atoms with van der Waals surface area (Å²) in [6.45, 7) is 0.912. The van der Waals surface area contributed by atoms with Gasteiger partial charge in [0.25, 0.3) is 0 Å². The van der Waals surface area contributed by atoms with Crippen LogP contribution in [-0.4, -0.2) is 36.3 Å². The molecule has 8 heteroatoms. The molecule has 0 bridgehead atoms. The molecule has 1 N–H and O–H groups in total. The van der Waals surface area contributed by atoms with Crippen molar-refractivity contribution in [3.8, 4) is 0 Å². The topological polar surface area (TPSA) is 72.7 Å². The molecule has 0 aliphatic carbocycles. The van der Waals surface area contributed by atoms with E-state index in [2.05, 4.69) is 9.71 Å². The van der Waals surface area contributed by atoms with Crippen molar-refractivity contribution in [1.82, 2.24) is 14.1 Å². The number of sulfonamides is 1. The van der Waals surface area contributed by atoms with E-state index in [0.717, 1.165) is 25.1 Å². The second-order valence-corrected chi connectivity index (χ2v) is 7.77. The zero-order chi connectivity index (χ0) is 15.6. The van der Waals surface area contributed by atoms with Gasteiger partial charge in [-0.15, -0.1) is 0 Å².